The first-order valence-corrected chi connectivity index (χ1v) is 11.0. The fourth-order valence-corrected chi connectivity index (χ4v) is 7.06. The lowest BCUT2D eigenvalue weighted by molar-refractivity contribution is -0.193. The first-order chi connectivity index (χ1) is 13.7. The second-order valence-electron chi connectivity index (χ2n) is 9.97. The summed E-state index contributed by atoms with van der Waals surface area (Å²) >= 11 is 0. The van der Waals surface area contributed by atoms with Gasteiger partial charge >= 0.3 is 5.97 Å². The maximum atomic E-state index is 13.1. The molecule has 3 aliphatic carbocycles. The van der Waals surface area contributed by atoms with E-state index in [1.807, 2.05) is 0 Å². The van der Waals surface area contributed by atoms with E-state index in [1.165, 1.54) is 18.3 Å². The SMILES string of the molecule is COC(=O)[C@]12CCC(C(C)C)=C1[C@H]1C[C@@H](O)[C@@H]3[C@H](OC)O[C@@H]([C@H]3OC)[C@]1(C)CC2. The second kappa shape index (κ2) is 7.33. The number of carbonyl (C=O) groups is 1. The number of hydrogen-bond acceptors (Lipinski definition) is 6. The fourth-order valence-electron chi connectivity index (χ4n) is 7.06. The number of fused-ring (bicyclic) bond motifs is 6. The second-order valence-corrected chi connectivity index (χ2v) is 9.97. The average Bonchev–Trinajstić information content (AvgIpc) is 3.26. The van der Waals surface area contributed by atoms with E-state index in [1.54, 1.807) is 14.2 Å². The Morgan fingerprint density at radius 2 is 1.90 bits per heavy atom. The number of rotatable bonds is 4. The van der Waals surface area contributed by atoms with Gasteiger partial charge in [0, 0.05) is 19.6 Å². The summed E-state index contributed by atoms with van der Waals surface area (Å²) in [7, 11) is 4.81. The van der Waals surface area contributed by atoms with Crippen LogP contribution in [0.2, 0.25) is 0 Å². The lowest BCUT2D eigenvalue weighted by Crippen LogP contribution is -2.52. The van der Waals surface area contributed by atoms with Crippen molar-refractivity contribution in [1.29, 1.82) is 0 Å². The number of hydrogen-bond donors (Lipinski definition) is 1. The van der Waals surface area contributed by atoms with Crippen LogP contribution in [-0.4, -0.2) is 57.0 Å². The third-order valence-electron chi connectivity index (χ3n) is 8.54. The predicted molar refractivity (Wildman–Crippen MR) is 107 cm³/mol. The molecule has 29 heavy (non-hydrogen) atoms. The van der Waals surface area contributed by atoms with Gasteiger partial charge in [0.05, 0.1) is 36.8 Å². The molecule has 0 amide bonds. The Balaban J connectivity index is 1.86. The number of aliphatic hydroxyl groups excluding tert-OH is 1. The number of esters is 1. The molecular weight excluding hydrogens is 372 g/mol. The van der Waals surface area contributed by atoms with E-state index in [2.05, 4.69) is 20.8 Å². The molecule has 0 radical (unpaired) electrons. The summed E-state index contributed by atoms with van der Waals surface area (Å²) in [6.07, 6.45) is 2.45. The monoisotopic (exact) mass is 408 g/mol. The van der Waals surface area contributed by atoms with E-state index in [0.29, 0.717) is 12.3 Å². The van der Waals surface area contributed by atoms with Crippen molar-refractivity contribution in [3.63, 3.8) is 0 Å². The molecule has 0 aromatic heterocycles. The smallest absolute Gasteiger partial charge is 0.315 e. The molecule has 1 aliphatic heterocycles. The number of ether oxygens (including phenoxy) is 4. The van der Waals surface area contributed by atoms with Crippen LogP contribution in [0.1, 0.15) is 52.9 Å². The Kier molecular flexibility index (Phi) is 5.38. The first kappa shape index (κ1) is 21.3. The number of allylic oxidation sites excluding steroid dienone is 1. The highest BCUT2D eigenvalue weighted by Gasteiger charge is 2.66. The van der Waals surface area contributed by atoms with Crippen molar-refractivity contribution in [2.75, 3.05) is 21.3 Å². The maximum Gasteiger partial charge on any atom is 0.315 e. The zero-order valence-electron chi connectivity index (χ0n) is 18.6. The van der Waals surface area contributed by atoms with Gasteiger partial charge in [0.2, 0.25) is 0 Å². The van der Waals surface area contributed by atoms with Crippen LogP contribution in [0.15, 0.2) is 11.1 Å². The Hall–Kier alpha value is -0.950. The van der Waals surface area contributed by atoms with Crippen molar-refractivity contribution in [3.05, 3.63) is 11.1 Å². The third-order valence-corrected chi connectivity index (χ3v) is 8.54. The van der Waals surface area contributed by atoms with E-state index in [9.17, 15) is 9.90 Å². The Labute approximate surface area is 173 Å². The Morgan fingerprint density at radius 3 is 2.48 bits per heavy atom. The van der Waals surface area contributed by atoms with Gasteiger partial charge in [-0.1, -0.05) is 26.3 Å². The minimum Gasteiger partial charge on any atom is -0.468 e. The molecule has 0 aromatic rings. The van der Waals surface area contributed by atoms with Crippen LogP contribution >= 0.6 is 0 Å². The van der Waals surface area contributed by atoms with Gasteiger partial charge < -0.3 is 24.1 Å². The summed E-state index contributed by atoms with van der Waals surface area (Å²) in [5.74, 6) is 0.0839. The molecule has 6 nitrogen and oxygen atoms in total. The summed E-state index contributed by atoms with van der Waals surface area (Å²) in [6.45, 7) is 6.67. The first-order valence-electron chi connectivity index (χ1n) is 11.0. The van der Waals surface area contributed by atoms with Gasteiger partial charge in [0.15, 0.2) is 6.29 Å². The van der Waals surface area contributed by atoms with Crippen LogP contribution in [0, 0.1) is 28.6 Å². The lowest BCUT2D eigenvalue weighted by atomic mass is 9.53. The van der Waals surface area contributed by atoms with E-state index in [0.717, 1.165) is 25.7 Å². The highest BCUT2D eigenvalue weighted by Crippen LogP contribution is 2.66. The molecule has 0 unspecified atom stereocenters. The minimum absolute atomic E-state index is 0.0655. The molecule has 3 fully saturated rings. The van der Waals surface area contributed by atoms with Crippen LogP contribution in [0.4, 0.5) is 0 Å². The largest absolute Gasteiger partial charge is 0.468 e. The van der Waals surface area contributed by atoms with Crippen molar-refractivity contribution >= 4 is 5.97 Å². The van der Waals surface area contributed by atoms with Gasteiger partial charge in [0.25, 0.3) is 0 Å². The molecule has 8 atom stereocenters. The van der Waals surface area contributed by atoms with Gasteiger partial charge in [-0.2, -0.15) is 0 Å². The van der Waals surface area contributed by atoms with Crippen LogP contribution in [-0.2, 0) is 23.7 Å². The van der Waals surface area contributed by atoms with Crippen molar-refractivity contribution in [1.82, 2.24) is 0 Å². The summed E-state index contributed by atoms with van der Waals surface area (Å²) in [5, 5.41) is 11.3. The van der Waals surface area contributed by atoms with E-state index >= 15 is 0 Å². The lowest BCUT2D eigenvalue weighted by Gasteiger charge is -2.52. The van der Waals surface area contributed by atoms with Crippen molar-refractivity contribution in [2.45, 2.75) is 77.5 Å². The van der Waals surface area contributed by atoms with Crippen molar-refractivity contribution < 1.29 is 28.8 Å². The quantitative estimate of drug-likeness (QED) is 0.569. The number of aliphatic hydroxyl groups is 1. The van der Waals surface area contributed by atoms with E-state index in [4.69, 9.17) is 18.9 Å². The molecule has 164 valence electrons. The highest BCUT2D eigenvalue weighted by molar-refractivity contribution is 5.82. The average molecular weight is 409 g/mol. The molecular formula is C23H36O6. The van der Waals surface area contributed by atoms with Crippen LogP contribution in [0.25, 0.3) is 0 Å². The third kappa shape index (κ3) is 2.79. The van der Waals surface area contributed by atoms with Gasteiger partial charge in [-0.25, -0.2) is 0 Å². The molecule has 4 aliphatic rings. The molecule has 0 aromatic carbocycles. The summed E-state index contributed by atoms with van der Waals surface area (Å²) in [5.41, 5.74) is 1.81. The molecule has 6 heteroatoms. The predicted octanol–water partition coefficient (Wildman–Crippen LogP) is 3.08. The maximum absolute atomic E-state index is 13.1. The summed E-state index contributed by atoms with van der Waals surface area (Å²) < 4.78 is 23.2. The normalized spacial score (nSPS) is 46.5. The molecule has 1 heterocycles. The fraction of sp³-hybridized carbons (Fsp3) is 0.870. The Morgan fingerprint density at radius 1 is 1.17 bits per heavy atom. The highest BCUT2D eigenvalue weighted by atomic mass is 16.7. The molecule has 1 saturated heterocycles. The van der Waals surface area contributed by atoms with Gasteiger partial charge in [0.1, 0.15) is 0 Å². The van der Waals surface area contributed by atoms with Crippen molar-refractivity contribution in [3.8, 4) is 0 Å². The van der Waals surface area contributed by atoms with Crippen LogP contribution in [0.3, 0.4) is 0 Å². The summed E-state index contributed by atoms with van der Waals surface area (Å²) in [4.78, 5) is 13.1. The topological polar surface area (TPSA) is 74.2 Å². The molecule has 2 bridgehead atoms. The summed E-state index contributed by atoms with van der Waals surface area (Å²) in [6, 6.07) is 0. The van der Waals surface area contributed by atoms with E-state index < -0.39 is 17.8 Å². The molecule has 0 spiro atoms. The van der Waals surface area contributed by atoms with Gasteiger partial charge in [-0.05, 0) is 49.5 Å². The van der Waals surface area contributed by atoms with Crippen LogP contribution in [0.5, 0.6) is 0 Å². The molecule has 1 N–H and O–H groups in total. The van der Waals surface area contributed by atoms with Gasteiger partial charge in [-0.15, -0.1) is 0 Å². The van der Waals surface area contributed by atoms with E-state index in [-0.39, 0.29) is 35.4 Å². The number of carbonyl (C=O) groups excluding carboxylic acids is 1. The van der Waals surface area contributed by atoms with Crippen LogP contribution < -0.4 is 0 Å². The Bertz CT molecular complexity index is 701. The van der Waals surface area contributed by atoms with Crippen molar-refractivity contribution in [2.24, 2.45) is 28.6 Å². The standard InChI is InChI=1S/C23H36O6/c1-12(2)13-7-8-23(21(25)28-6)10-9-22(3)14(17(13)23)11-15(24)16-18(26-4)19(22)29-20(16)27-5/h12,14-16,18-20,24H,7-11H2,1-6H3/t14-,15-,16+,18+,19+,20-,22-,23+/m1/s1. The molecule has 4 rings (SSSR count). The number of methoxy groups -OCH3 is 3. The van der Waals surface area contributed by atoms with Gasteiger partial charge in [-0.3, -0.25) is 4.79 Å². The zero-order chi connectivity index (χ0) is 21.1. The molecule has 2 saturated carbocycles. The zero-order valence-corrected chi connectivity index (χ0v) is 18.6. The minimum atomic E-state index is -0.614.